The smallest absolute Gasteiger partial charge is 0.272 e. The Morgan fingerprint density at radius 2 is 2.00 bits per heavy atom. The second-order valence-electron chi connectivity index (χ2n) is 5.69. The minimum absolute atomic E-state index is 0.0797. The van der Waals surface area contributed by atoms with E-state index in [1.54, 1.807) is 24.3 Å². The quantitative estimate of drug-likeness (QED) is 0.859. The topological polar surface area (TPSA) is 76.6 Å². The number of methoxy groups -OCH3 is 1. The van der Waals surface area contributed by atoms with Gasteiger partial charge in [0.25, 0.3) is 5.91 Å². The van der Waals surface area contributed by atoms with E-state index in [1.165, 1.54) is 5.56 Å². The number of amides is 1. The highest BCUT2D eigenvalue weighted by molar-refractivity contribution is 5.92. The molecule has 1 N–H and O–H groups in total. The van der Waals surface area contributed by atoms with Gasteiger partial charge >= 0.3 is 0 Å². The van der Waals surface area contributed by atoms with E-state index in [0.29, 0.717) is 44.5 Å². The molecule has 1 aliphatic heterocycles. The Hall–Kier alpha value is -2.67. The molecule has 2 aromatic rings. The zero-order valence-corrected chi connectivity index (χ0v) is 14.3. The largest absolute Gasteiger partial charge is 0.497 e. The van der Waals surface area contributed by atoms with E-state index in [4.69, 9.17) is 9.47 Å². The van der Waals surface area contributed by atoms with Crippen LogP contribution in [0.3, 0.4) is 0 Å². The lowest BCUT2D eigenvalue weighted by atomic mass is 10.1. The summed E-state index contributed by atoms with van der Waals surface area (Å²) in [6, 6.07) is 9.58. The van der Waals surface area contributed by atoms with Crippen LogP contribution in [0.4, 0.5) is 5.95 Å². The van der Waals surface area contributed by atoms with Crippen LogP contribution in [-0.4, -0.2) is 60.7 Å². The molecule has 0 aliphatic carbocycles. The number of hydrogen-bond donors (Lipinski definition) is 1. The van der Waals surface area contributed by atoms with Crippen molar-refractivity contribution in [3.8, 4) is 5.75 Å². The summed E-state index contributed by atoms with van der Waals surface area (Å²) in [7, 11) is 1.65. The van der Waals surface area contributed by atoms with Gasteiger partial charge in [0, 0.05) is 25.8 Å². The van der Waals surface area contributed by atoms with Crippen molar-refractivity contribution in [2.75, 3.05) is 45.3 Å². The first kappa shape index (κ1) is 17.2. The number of anilines is 1. The van der Waals surface area contributed by atoms with E-state index in [-0.39, 0.29) is 5.91 Å². The van der Waals surface area contributed by atoms with Crippen LogP contribution in [0.5, 0.6) is 5.75 Å². The first-order chi connectivity index (χ1) is 12.3. The van der Waals surface area contributed by atoms with E-state index in [9.17, 15) is 4.79 Å². The number of hydrogen-bond acceptors (Lipinski definition) is 6. The maximum Gasteiger partial charge on any atom is 0.272 e. The van der Waals surface area contributed by atoms with Crippen LogP contribution in [0.25, 0.3) is 0 Å². The third-order valence-corrected chi connectivity index (χ3v) is 4.03. The summed E-state index contributed by atoms with van der Waals surface area (Å²) in [5.41, 5.74) is 1.60. The summed E-state index contributed by atoms with van der Waals surface area (Å²) in [4.78, 5) is 22.7. The molecule has 7 heteroatoms. The van der Waals surface area contributed by atoms with Crippen molar-refractivity contribution in [1.82, 2.24) is 14.9 Å². The fourth-order valence-electron chi connectivity index (χ4n) is 2.60. The Morgan fingerprint density at radius 3 is 2.72 bits per heavy atom. The van der Waals surface area contributed by atoms with Crippen LogP contribution in [0.2, 0.25) is 0 Å². The van der Waals surface area contributed by atoms with Gasteiger partial charge in [-0.25, -0.2) is 9.97 Å². The number of rotatable bonds is 6. The van der Waals surface area contributed by atoms with Crippen molar-refractivity contribution in [2.45, 2.75) is 6.42 Å². The van der Waals surface area contributed by atoms with Crippen molar-refractivity contribution in [2.24, 2.45) is 0 Å². The zero-order valence-electron chi connectivity index (χ0n) is 14.3. The Morgan fingerprint density at radius 1 is 1.24 bits per heavy atom. The molecular formula is C18H22N4O3. The maximum absolute atomic E-state index is 12.4. The molecule has 132 valence electrons. The van der Waals surface area contributed by atoms with Crippen molar-refractivity contribution in [3.63, 3.8) is 0 Å². The maximum atomic E-state index is 12.4. The molecule has 1 aromatic heterocycles. The second kappa shape index (κ2) is 8.43. The second-order valence-corrected chi connectivity index (χ2v) is 5.69. The van der Waals surface area contributed by atoms with Gasteiger partial charge in [0.1, 0.15) is 11.4 Å². The predicted molar refractivity (Wildman–Crippen MR) is 93.9 cm³/mol. The van der Waals surface area contributed by atoms with Gasteiger partial charge in [0.15, 0.2) is 0 Å². The summed E-state index contributed by atoms with van der Waals surface area (Å²) < 4.78 is 10.4. The van der Waals surface area contributed by atoms with E-state index < -0.39 is 0 Å². The highest BCUT2D eigenvalue weighted by Crippen LogP contribution is 2.12. The Labute approximate surface area is 147 Å². The first-order valence-electron chi connectivity index (χ1n) is 8.33. The summed E-state index contributed by atoms with van der Waals surface area (Å²) in [6.45, 7) is 3.03. The number of ether oxygens (including phenoxy) is 2. The van der Waals surface area contributed by atoms with E-state index in [0.717, 1.165) is 12.2 Å². The number of nitrogens with zero attached hydrogens (tertiary/aromatic N) is 3. The van der Waals surface area contributed by atoms with Crippen molar-refractivity contribution < 1.29 is 14.3 Å². The molecule has 0 bridgehead atoms. The van der Waals surface area contributed by atoms with Crippen molar-refractivity contribution in [1.29, 1.82) is 0 Å². The summed E-state index contributed by atoms with van der Waals surface area (Å²) in [5, 5.41) is 3.17. The number of carbonyl (C=O) groups is 1. The third-order valence-electron chi connectivity index (χ3n) is 4.03. The number of nitrogens with one attached hydrogen (secondary N) is 1. The van der Waals surface area contributed by atoms with Crippen LogP contribution in [0.1, 0.15) is 16.1 Å². The minimum Gasteiger partial charge on any atom is -0.497 e. The Balaban J connectivity index is 1.54. The van der Waals surface area contributed by atoms with Gasteiger partial charge in [-0.05, 0) is 30.2 Å². The Bertz CT molecular complexity index is 700. The van der Waals surface area contributed by atoms with Gasteiger partial charge < -0.3 is 19.7 Å². The van der Waals surface area contributed by atoms with Crippen LogP contribution >= 0.6 is 0 Å². The summed E-state index contributed by atoms with van der Waals surface area (Å²) in [6.07, 6.45) is 2.44. The normalized spacial score (nSPS) is 14.2. The predicted octanol–water partition coefficient (Wildman–Crippen LogP) is 1.61. The summed E-state index contributed by atoms with van der Waals surface area (Å²) >= 11 is 0. The van der Waals surface area contributed by atoms with Crippen LogP contribution in [0, 0.1) is 0 Å². The number of carbonyl (C=O) groups excluding carboxylic acids is 1. The molecule has 25 heavy (non-hydrogen) atoms. The zero-order chi connectivity index (χ0) is 17.5. The lowest BCUT2D eigenvalue weighted by Crippen LogP contribution is -2.41. The molecule has 0 atom stereocenters. The molecule has 3 rings (SSSR count). The van der Waals surface area contributed by atoms with Crippen molar-refractivity contribution in [3.05, 3.63) is 47.8 Å². The van der Waals surface area contributed by atoms with Crippen LogP contribution in [-0.2, 0) is 11.2 Å². The van der Waals surface area contributed by atoms with Crippen LogP contribution in [0.15, 0.2) is 36.5 Å². The molecular weight excluding hydrogens is 320 g/mol. The Kier molecular flexibility index (Phi) is 5.79. The molecule has 7 nitrogen and oxygen atoms in total. The van der Waals surface area contributed by atoms with Gasteiger partial charge in [-0.2, -0.15) is 0 Å². The molecule has 0 radical (unpaired) electrons. The summed E-state index contributed by atoms with van der Waals surface area (Å²) in [5.74, 6) is 1.23. The van der Waals surface area contributed by atoms with E-state index in [2.05, 4.69) is 15.3 Å². The van der Waals surface area contributed by atoms with Gasteiger partial charge in [0.05, 0.1) is 20.3 Å². The van der Waals surface area contributed by atoms with Gasteiger partial charge in [0.2, 0.25) is 5.95 Å². The average molecular weight is 342 g/mol. The third kappa shape index (κ3) is 4.67. The fraction of sp³-hybridized carbons (Fsp3) is 0.389. The lowest BCUT2D eigenvalue weighted by Gasteiger charge is -2.26. The van der Waals surface area contributed by atoms with E-state index >= 15 is 0 Å². The van der Waals surface area contributed by atoms with Crippen LogP contribution < -0.4 is 10.1 Å². The number of aromatic nitrogens is 2. The number of morpholine rings is 1. The molecule has 2 heterocycles. The molecule has 1 fully saturated rings. The lowest BCUT2D eigenvalue weighted by molar-refractivity contribution is 0.0299. The molecule has 0 unspecified atom stereocenters. The fourth-order valence-corrected chi connectivity index (χ4v) is 2.60. The molecule has 1 aromatic carbocycles. The first-order valence-corrected chi connectivity index (χ1v) is 8.33. The minimum atomic E-state index is -0.0797. The molecule has 1 aliphatic rings. The van der Waals surface area contributed by atoms with Gasteiger partial charge in [-0.1, -0.05) is 12.1 Å². The van der Waals surface area contributed by atoms with Gasteiger partial charge in [-0.15, -0.1) is 0 Å². The highest BCUT2D eigenvalue weighted by Gasteiger charge is 2.19. The number of benzene rings is 1. The van der Waals surface area contributed by atoms with E-state index in [1.807, 2.05) is 24.3 Å². The van der Waals surface area contributed by atoms with Gasteiger partial charge in [-0.3, -0.25) is 4.79 Å². The van der Waals surface area contributed by atoms with Crippen molar-refractivity contribution >= 4 is 11.9 Å². The molecule has 1 amide bonds. The average Bonchev–Trinajstić information content (AvgIpc) is 2.69. The molecule has 1 saturated heterocycles. The monoisotopic (exact) mass is 342 g/mol. The molecule has 0 saturated carbocycles. The SMILES string of the molecule is COc1ccc(CCNc2nccc(C(=O)N3CCOCC3)n2)cc1. The highest BCUT2D eigenvalue weighted by atomic mass is 16.5. The molecule has 0 spiro atoms. The standard InChI is InChI=1S/C18H22N4O3/c1-24-15-4-2-14(3-5-15)6-8-19-18-20-9-7-16(21-18)17(23)22-10-12-25-13-11-22/h2-5,7,9H,6,8,10-13H2,1H3,(H,19,20,21).